The third-order valence-electron chi connectivity index (χ3n) is 3.70. The highest BCUT2D eigenvalue weighted by Gasteiger charge is 2.16. The first kappa shape index (κ1) is 17.9. The second-order valence-corrected chi connectivity index (χ2v) is 6.01. The van der Waals surface area contributed by atoms with E-state index in [-0.39, 0.29) is 35.4 Å². The zero-order valence-corrected chi connectivity index (χ0v) is 14.5. The van der Waals surface area contributed by atoms with Crippen LogP contribution in [-0.4, -0.2) is 38.1 Å². The maximum absolute atomic E-state index is 13.8. The van der Waals surface area contributed by atoms with Crippen LogP contribution in [0.5, 0.6) is 0 Å². The molecule has 1 aromatic heterocycles. The lowest BCUT2D eigenvalue weighted by molar-refractivity contribution is -0.131. The summed E-state index contributed by atoms with van der Waals surface area (Å²) in [5, 5.41) is 11.9. The molecule has 0 aliphatic rings. The lowest BCUT2D eigenvalue weighted by atomic mass is 10.2. The number of carbonyl (C=O) groups is 1. The molecule has 6 nitrogen and oxygen atoms in total. The van der Waals surface area contributed by atoms with E-state index in [1.54, 1.807) is 12.1 Å². The summed E-state index contributed by atoms with van der Waals surface area (Å²) in [6, 6.07) is 10.1. The zero-order valence-electron chi connectivity index (χ0n) is 13.7. The van der Waals surface area contributed by atoms with Crippen LogP contribution in [0.2, 0.25) is 5.02 Å². The van der Waals surface area contributed by atoms with Crippen molar-refractivity contribution in [3.63, 3.8) is 0 Å². The molecule has 2 aromatic carbocycles. The third kappa shape index (κ3) is 4.02. The minimum Gasteiger partial charge on any atom is -0.340 e. The highest BCUT2D eigenvalue weighted by atomic mass is 35.5. The maximum Gasteiger partial charge on any atom is 0.246 e. The van der Waals surface area contributed by atoms with Crippen LogP contribution >= 0.6 is 11.6 Å². The van der Waals surface area contributed by atoms with Crippen LogP contribution in [-0.2, 0) is 17.9 Å². The number of amides is 1. The minimum absolute atomic E-state index is 0.00971. The van der Waals surface area contributed by atoms with Gasteiger partial charge >= 0.3 is 0 Å². The summed E-state index contributed by atoms with van der Waals surface area (Å²) < 4.78 is 27.1. The number of nitrogens with zero attached hydrogens (tertiary/aromatic N) is 5. The van der Waals surface area contributed by atoms with Crippen LogP contribution < -0.4 is 0 Å². The van der Waals surface area contributed by atoms with Crippen molar-refractivity contribution >= 4 is 17.5 Å². The predicted octanol–water partition coefficient (Wildman–Crippen LogP) is 2.93. The summed E-state index contributed by atoms with van der Waals surface area (Å²) in [7, 11) is 1.52. The molecule has 3 rings (SSSR count). The minimum atomic E-state index is -0.482. The van der Waals surface area contributed by atoms with Gasteiger partial charge in [0.1, 0.15) is 18.2 Å². The van der Waals surface area contributed by atoms with Crippen LogP contribution in [0, 0.1) is 11.6 Å². The maximum atomic E-state index is 13.8. The van der Waals surface area contributed by atoms with Gasteiger partial charge < -0.3 is 4.90 Å². The molecule has 0 radical (unpaired) electrons. The molecule has 1 heterocycles. The Morgan fingerprint density at radius 1 is 1.23 bits per heavy atom. The highest BCUT2D eigenvalue weighted by molar-refractivity contribution is 6.31. The molecule has 0 saturated carbocycles. The van der Waals surface area contributed by atoms with Gasteiger partial charge in [-0.25, -0.2) is 8.78 Å². The molecule has 0 aliphatic heterocycles. The molecular weight excluding hydrogens is 364 g/mol. The van der Waals surface area contributed by atoms with Gasteiger partial charge in [-0.2, -0.15) is 4.80 Å². The van der Waals surface area contributed by atoms with Gasteiger partial charge in [0.15, 0.2) is 0 Å². The van der Waals surface area contributed by atoms with Crippen molar-refractivity contribution in [3.05, 3.63) is 64.7 Å². The van der Waals surface area contributed by atoms with Gasteiger partial charge in [-0.1, -0.05) is 29.8 Å². The normalized spacial score (nSPS) is 10.8. The van der Waals surface area contributed by atoms with Crippen molar-refractivity contribution in [2.45, 2.75) is 13.1 Å². The lowest BCUT2D eigenvalue weighted by Crippen LogP contribution is -2.31. The van der Waals surface area contributed by atoms with E-state index in [0.29, 0.717) is 5.56 Å². The molecule has 0 atom stereocenters. The Kier molecular flexibility index (Phi) is 5.22. The predicted molar refractivity (Wildman–Crippen MR) is 91.1 cm³/mol. The van der Waals surface area contributed by atoms with Crippen molar-refractivity contribution in [2.24, 2.45) is 0 Å². The molecule has 0 spiro atoms. The number of hydrogen-bond acceptors (Lipinski definition) is 4. The summed E-state index contributed by atoms with van der Waals surface area (Å²) >= 11 is 5.97. The average Bonchev–Trinajstić information content (AvgIpc) is 3.06. The van der Waals surface area contributed by atoms with Gasteiger partial charge in [0.25, 0.3) is 0 Å². The fourth-order valence-corrected chi connectivity index (χ4v) is 2.53. The van der Waals surface area contributed by atoms with E-state index in [0.717, 1.165) is 4.80 Å². The van der Waals surface area contributed by atoms with Crippen LogP contribution in [0.3, 0.4) is 0 Å². The van der Waals surface area contributed by atoms with Crippen LogP contribution in [0.25, 0.3) is 11.4 Å². The number of aromatic nitrogens is 4. The van der Waals surface area contributed by atoms with Gasteiger partial charge in [-0.05, 0) is 29.5 Å². The number of carbonyl (C=O) groups excluding carboxylic acids is 1. The number of tetrazole rings is 1. The van der Waals surface area contributed by atoms with E-state index in [4.69, 9.17) is 11.6 Å². The van der Waals surface area contributed by atoms with Gasteiger partial charge in [0.05, 0.1) is 0 Å². The zero-order chi connectivity index (χ0) is 18.7. The highest BCUT2D eigenvalue weighted by Crippen LogP contribution is 2.20. The number of halogens is 3. The smallest absolute Gasteiger partial charge is 0.246 e. The van der Waals surface area contributed by atoms with Crippen molar-refractivity contribution in [2.75, 3.05) is 7.05 Å². The lowest BCUT2D eigenvalue weighted by Gasteiger charge is -2.18. The van der Waals surface area contributed by atoms with Gasteiger partial charge in [0, 0.05) is 29.7 Å². The van der Waals surface area contributed by atoms with Crippen LogP contribution in [0.4, 0.5) is 8.78 Å². The Bertz CT molecular complexity index is 926. The Morgan fingerprint density at radius 3 is 2.73 bits per heavy atom. The van der Waals surface area contributed by atoms with E-state index in [1.165, 1.54) is 42.3 Å². The third-order valence-corrected chi connectivity index (χ3v) is 4.05. The molecule has 134 valence electrons. The molecule has 3 aromatic rings. The van der Waals surface area contributed by atoms with Gasteiger partial charge in [-0.15, -0.1) is 10.2 Å². The van der Waals surface area contributed by atoms with Crippen molar-refractivity contribution in [3.8, 4) is 11.4 Å². The fourth-order valence-electron chi connectivity index (χ4n) is 2.30. The topological polar surface area (TPSA) is 63.9 Å². The molecule has 0 fully saturated rings. The first-order valence-electron chi connectivity index (χ1n) is 7.64. The summed E-state index contributed by atoms with van der Waals surface area (Å²) in [5.74, 6) is -1.05. The summed E-state index contributed by atoms with van der Waals surface area (Å²) in [6.07, 6.45) is 0. The van der Waals surface area contributed by atoms with Gasteiger partial charge in [-0.3, -0.25) is 4.79 Å². The largest absolute Gasteiger partial charge is 0.340 e. The summed E-state index contributed by atoms with van der Waals surface area (Å²) in [6.45, 7) is -0.180. The fraction of sp³-hybridized carbons (Fsp3) is 0.176. The molecule has 9 heteroatoms. The standard InChI is InChI=1S/C17H14ClF2N5O/c1-24(9-13-14(18)6-3-7-15(13)20)16(26)10-25-22-17(21-23-25)11-4-2-5-12(19)8-11/h2-8H,9-10H2,1H3. The number of likely N-dealkylation sites (N-methyl/N-ethyl adjacent to an activating group) is 1. The number of benzene rings is 2. The van der Waals surface area contributed by atoms with E-state index in [9.17, 15) is 13.6 Å². The molecule has 26 heavy (non-hydrogen) atoms. The number of rotatable bonds is 5. The first-order chi connectivity index (χ1) is 12.4. The monoisotopic (exact) mass is 377 g/mol. The van der Waals surface area contributed by atoms with Crippen LogP contribution in [0.1, 0.15) is 5.56 Å². The van der Waals surface area contributed by atoms with Gasteiger partial charge in [0.2, 0.25) is 11.7 Å². The number of hydrogen-bond donors (Lipinski definition) is 0. The Balaban J connectivity index is 1.68. The molecular formula is C17H14ClF2N5O. The second kappa shape index (κ2) is 7.57. The van der Waals surface area contributed by atoms with Crippen LogP contribution in [0.15, 0.2) is 42.5 Å². The summed E-state index contributed by atoms with van der Waals surface area (Å²) in [5.41, 5.74) is 0.687. The molecule has 0 saturated heterocycles. The van der Waals surface area contributed by atoms with E-state index in [1.807, 2.05) is 0 Å². The molecule has 0 bridgehead atoms. The molecule has 0 N–H and O–H groups in total. The average molecular weight is 378 g/mol. The summed E-state index contributed by atoms with van der Waals surface area (Å²) in [4.78, 5) is 14.7. The molecule has 0 unspecified atom stereocenters. The second-order valence-electron chi connectivity index (χ2n) is 5.60. The van der Waals surface area contributed by atoms with Crippen molar-refractivity contribution in [1.82, 2.24) is 25.1 Å². The Hall–Kier alpha value is -2.87. The Morgan fingerprint density at radius 2 is 2.00 bits per heavy atom. The Labute approximate surface area is 153 Å². The van der Waals surface area contributed by atoms with Crippen molar-refractivity contribution in [1.29, 1.82) is 0 Å². The first-order valence-corrected chi connectivity index (χ1v) is 8.02. The SMILES string of the molecule is CN(Cc1c(F)cccc1Cl)C(=O)Cn1nnc(-c2cccc(F)c2)n1. The molecule has 0 aliphatic carbocycles. The van der Waals surface area contributed by atoms with E-state index < -0.39 is 11.6 Å². The van der Waals surface area contributed by atoms with E-state index in [2.05, 4.69) is 15.4 Å². The van der Waals surface area contributed by atoms with E-state index >= 15 is 0 Å². The quantitative estimate of drug-likeness (QED) is 0.685. The van der Waals surface area contributed by atoms with Crippen molar-refractivity contribution < 1.29 is 13.6 Å². The molecule has 1 amide bonds.